The number of halogens is 2. The topological polar surface area (TPSA) is 43.1 Å². The zero-order chi connectivity index (χ0) is 14.6. The second kappa shape index (κ2) is 4.27. The maximum atomic E-state index is 13.4. The van der Waals surface area contributed by atoms with Crippen LogP contribution in [0.4, 0.5) is 4.39 Å². The number of hydrogen-bond donors (Lipinski definition) is 0. The number of fused-ring (bicyclic) bond motifs is 4. The van der Waals surface area contributed by atoms with Crippen molar-refractivity contribution in [2.24, 2.45) is 0 Å². The molecule has 0 amide bonds. The monoisotopic (exact) mass is 299 g/mol. The number of hydrogen-bond acceptors (Lipinski definition) is 3. The van der Waals surface area contributed by atoms with E-state index in [2.05, 4.69) is 4.98 Å². The minimum absolute atomic E-state index is 0.118. The lowest BCUT2D eigenvalue weighted by Crippen LogP contribution is -2.04. The van der Waals surface area contributed by atoms with Crippen molar-refractivity contribution in [1.29, 1.82) is 0 Å². The van der Waals surface area contributed by atoms with E-state index in [4.69, 9.17) is 16.0 Å². The molecule has 5 heteroatoms. The van der Waals surface area contributed by atoms with Gasteiger partial charge in [0.05, 0.1) is 16.3 Å². The summed E-state index contributed by atoms with van der Waals surface area (Å²) in [5.74, 6) is -0.487. The Labute approximate surface area is 122 Å². The van der Waals surface area contributed by atoms with Crippen LogP contribution in [0, 0.1) is 5.82 Å². The van der Waals surface area contributed by atoms with Crippen molar-refractivity contribution >= 4 is 44.4 Å². The van der Waals surface area contributed by atoms with Gasteiger partial charge in [0, 0.05) is 5.39 Å². The summed E-state index contributed by atoms with van der Waals surface area (Å²) in [5.41, 5.74) is 0.789. The Hall–Kier alpha value is -2.46. The van der Waals surface area contributed by atoms with E-state index in [-0.39, 0.29) is 27.1 Å². The molecule has 2 aromatic heterocycles. The Balaban J connectivity index is 2.37. The van der Waals surface area contributed by atoms with Crippen LogP contribution in [0.25, 0.3) is 32.8 Å². The Morgan fingerprint density at radius 1 is 1.10 bits per heavy atom. The van der Waals surface area contributed by atoms with E-state index < -0.39 is 5.82 Å². The molecule has 3 nitrogen and oxygen atoms in total. The number of rotatable bonds is 0. The van der Waals surface area contributed by atoms with Crippen LogP contribution in [0.2, 0.25) is 5.15 Å². The smallest absolute Gasteiger partial charge is 0.201 e. The van der Waals surface area contributed by atoms with Gasteiger partial charge in [-0.15, -0.1) is 0 Å². The highest BCUT2D eigenvalue weighted by atomic mass is 35.5. The third kappa shape index (κ3) is 1.73. The van der Waals surface area contributed by atoms with Crippen molar-refractivity contribution in [1.82, 2.24) is 4.98 Å². The van der Waals surface area contributed by atoms with Gasteiger partial charge in [0.15, 0.2) is 10.7 Å². The SMILES string of the molecule is O=c1c2cc(F)ccc2oc2c(Cl)nc3ccccc3c12. The van der Waals surface area contributed by atoms with Crippen LogP contribution in [0.5, 0.6) is 0 Å². The van der Waals surface area contributed by atoms with E-state index in [9.17, 15) is 9.18 Å². The molecular formula is C16H7ClFNO2. The Bertz CT molecular complexity index is 1090. The van der Waals surface area contributed by atoms with E-state index in [0.717, 1.165) is 0 Å². The van der Waals surface area contributed by atoms with E-state index in [1.165, 1.54) is 18.2 Å². The molecule has 2 heterocycles. The zero-order valence-corrected chi connectivity index (χ0v) is 11.3. The third-order valence-corrected chi connectivity index (χ3v) is 3.69. The fraction of sp³-hybridized carbons (Fsp3) is 0. The molecule has 0 aliphatic heterocycles. The van der Waals surface area contributed by atoms with Crippen LogP contribution in [0.3, 0.4) is 0 Å². The molecule has 0 atom stereocenters. The zero-order valence-electron chi connectivity index (χ0n) is 10.6. The number of para-hydroxylation sites is 1. The van der Waals surface area contributed by atoms with Gasteiger partial charge in [-0.2, -0.15) is 0 Å². The van der Waals surface area contributed by atoms with Crippen LogP contribution < -0.4 is 5.43 Å². The molecule has 0 unspecified atom stereocenters. The Morgan fingerprint density at radius 2 is 1.90 bits per heavy atom. The summed E-state index contributed by atoms with van der Waals surface area (Å²) in [7, 11) is 0. The molecule has 0 saturated carbocycles. The predicted molar refractivity (Wildman–Crippen MR) is 80.3 cm³/mol. The Morgan fingerprint density at radius 3 is 2.76 bits per heavy atom. The standard InChI is InChI=1S/C16H7ClFNO2/c17-16-15-13(9-3-1-2-4-11(9)19-16)14(20)10-7-8(18)5-6-12(10)21-15/h1-7H. The van der Waals surface area contributed by atoms with Gasteiger partial charge in [-0.25, -0.2) is 9.37 Å². The highest BCUT2D eigenvalue weighted by Gasteiger charge is 2.15. The third-order valence-electron chi connectivity index (χ3n) is 3.43. The summed E-state index contributed by atoms with van der Waals surface area (Å²) >= 11 is 6.12. The average molecular weight is 300 g/mol. The van der Waals surface area contributed by atoms with E-state index in [1.54, 1.807) is 24.3 Å². The van der Waals surface area contributed by atoms with Gasteiger partial charge in [0.25, 0.3) is 0 Å². The second-order valence-corrected chi connectivity index (χ2v) is 5.05. The van der Waals surface area contributed by atoms with Gasteiger partial charge < -0.3 is 4.42 Å². The van der Waals surface area contributed by atoms with Crippen molar-refractivity contribution in [3.05, 3.63) is 63.7 Å². The average Bonchev–Trinajstić information content (AvgIpc) is 2.48. The number of aromatic nitrogens is 1. The quantitative estimate of drug-likeness (QED) is 0.276. The van der Waals surface area contributed by atoms with Crippen LogP contribution in [-0.4, -0.2) is 4.98 Å². The van der Waals surface area contributed by atoms with Crippen molar-refractivity contribution in [2.75, 3.05) is 0 Å². The number of benzene rings is 2. The molecule has 4 aromatic rings. The first-order valence-corrected chi connectivity index (χ1v) is 6.63. The lowest BCUT2D eigenvalue weighted by Gasteiger charge is -2.06. The highest BCUT2D eigenvalue weighted by Crippen LogP contribution is 2.29. The van der Waals surface area contributed by atoms with Gasteiger partial charge in [-0.1, -0.05) is 29.8 Å². The van der Waals surface area contributed by atoms with Gasteiger partial charge >= 0.3 is 0 Å². The van der Waals surface area contributed by atoms with Crippen LogP contribution in [-0.2, 0) is 0 Å². The van der Waals surface area contributed by atoms with Crippen molar-refractivity contribution in [3.63, 3.8) is 0 Å². The molecule has 102 valence electrons. The van der Waals surface area contributed by atoms with E-state index in [1.807, 2.05) is 0 Å². The molecule has 0 aliphatic rings. The summed E-state index contributed by atoms with van der Waals surface area (Å²) in [6.45, 7) is 0. The molecule has 2 aromatic carbocycles. The molecular weight excluding hydrogens is 293 g/mol. The lowest BCUT2D eigenvalue weighted by molar-refractivity contribution is 0.623. The Kier molecular flexibility index (Phi) is 2.50. The minimum Gasteiger partial charge on any atom is -0.453 e. The number of pyridine rings is 1. The molecule has 0 bridgehead atoms. The first kappa shape index (κ1) is 12.3. The maximum Gasteiger partial charge on any atom is 0.201 e. The second-order valence-electron chi connectivity index (χ2n) is 4.70. The molecule has 4 rings (SSSR count). The number of nitrogens with zero attached hydrogens (tertiary/aromatic N) is 1. The lowest BCUT2D eigenvalue weighted by atomic mass is 10.1. The minimum atomic E-state index is -0.487. The summed E-state index contributed by atoms with van der Waals surface area (Å²) in [6.07, 6.45) is 0. The summed E-state index contributed by atoms with van der Waals surface area (Å²) in [4.78, 5) is 16.9. The molecule has 0 radical (unpaired) electrons. The van der Waals surface area contributed by atoms with Crippen molar-refractivity contribution < 1.29 is 8.81 Å². The maximum absolute atomic E-state index is 13.4. The summed E-state index contributed by atoms with van der Waals surface area (Å²) < 4.78 is 19.1. The molecule has 0 fully saturated rings. The van der Waals surface area contributed by atoms with Gasteiger partial charge in [0.2, 0.25) is 5.43 Å². The summed E-state index contributed by atoms with van der Waals surface area (Å²) in [5, 5.41) is 1.27. The van der Waals surface area contributed by atoms with Crippen LogP contribution in [0.1, 0.15) is 0 Å². The normalized spacial score (nSPS) is 11.5. The van der Waals surface area contributed by atoms with Crippen LogP contribution in [0.15, 0.2) is 51.7 Å². The van der Waals surface area contributed by atoms with E-state index >= 15 is 0 Å². The predicted octanol–water partition coefficient (Wildman–Crippen LogP) is 4.29. The molecule has 0 saturated heterocycles. The first-order valence-electron chi connectivity index (χ1n) is 6.25. The van der Waals surface area contributed by atoms with Crippen molar-refractivity contribution in [3.8, 4) is 0 Å². The van der Waals surface area contributed by atoms with E-state index in [0.29, 0.717) is 16.3 Å². The first-order chi connectivity index (χ1) is 10.1. The fourth-order valence-electron chi connectivity index (χ4n) is 2.50. The van der Waals surface area contributed by atoms with Gasteiger partial charge in [-0.05, 0) is 24.3 Å². The van der Waals surface area contributed by atoms with Crippen molar-refractivity contribution in [2.45, 2.75) is 0 Å². The molecule has 0 N–H and O–H groups in total. The molecule has 21 heavy (non-hydrogen) atoms. The van der Waals surface area contributed by atoms with Gasteiger partial charge in [-0.3, -0.25) is 4.79 Å². The highest BCUT2D eigenvalue weighted by molar-refractivity contribution is 6.35. The van der Waals surface area contributed by atoms with Gasteiger partial charge in [0.1, 0.15) is 11.4 Å². The fourth-order valence-corrected chi connectivity index (χ4v) is 2.72. The largest absolute Gasteiger partial charge is 0.453 e. The molecule has 0 spiro atoms. The molecule has 0 aliphatic carbocycles. The van der Waals surface area contributed by atoms with Crippen LogP contribution >= 0.6 is 11.6 Å². The summed E-state index contributed by atoms with van der Waals surface area (Å²) in [6, 6.07) is 10.9.